The molecule has 0 saturated heterocycles. The average molecular weight is 222 g/mol. The van der Waals surface area contributed by atoms with Crippen molar-refractivity contribution in [2.24, 2.45) is 7.05 Å². The second-order valence-corrected chi connectivity index (χ2v) is 4.30. The van der Waals surface area contributed by atoms with E-state index in [1.807, 2.05) is 18.2 Å². The summed E-state index contributed by atoms with van der Waals surface area (Å²) in [6.07, 6.45) is 0. The summed E-state index contributed by atoms with van der Waals surface area (Å²) < 4.78 is 2.15. The van der Waals surface area contributed by atoms with E-state index in [2.05, 4.69) is 48.9 Å². The standard InChI is InChI=1S/C15H14N2/c1-11-7-6-10-13-14(11)16-15(17(13)2)12-8-4-3-5-9-12/h3-10H,1-2H3. The topological polar surface area (TPSA) is 17.8 Å². The van der Waals surface area contributed by atoms with E-state index < -0.39 is 0 Å². The lowest BCUT2D eigenvalue weighted by Crippen LogP contribution is -1.91. The van der Waals surface area contributed by atoms with E-state index in [-0.39, 0.29) is 0 Å². The number of aromatic nitrogens is 2. The van der Waals surface area contributed by atoms with E-state index in [4.69, 9.17) is 4.98 Å². The molecule has 0 aliphatic carbocycles. The third-order valence-corrected chi connectivity index (χ3v) is 3.15. The van der Waals surface area contributed by atoms with Gasteiger partial charge in [-0.15, -0.1) is 0 Å². The number of rotatable bonds is 1. The predicted molar refractivity (Wildman–Crippen MR) is 70.9 cm³/mol. The maximum atomic E-state index is 4.74. The highest BCUT2D eigenvalue weighted by Gasteiger charge is 2.10. The van der Waals surface area contributed by atoms with Gasteiger partial charge < -0.3 is 4.57 Å². The minimum atomic E-state index is 1.02. The third-order valence-electron chi connectivity index (χ3n) is 3.15. The smallest absolute Gasteiger partial charge is 0.140 e. The van der Waals surface area contributed by atoms with E-state index >= 15 is 0 Å². The van der Waals surface area contributed by atoms with Crippen LogP contribution in [0.25, 0.3) is 22.4 Å². The van der Waals surface area contributed by atoms with Crippen LogP contribution in [-0.2, 0) is 7.05 Å². The Hall–Kier alpha value is -2.09. The number of imidazole rings is 1. The number of fused-ring (bicyclic) bond motifs is 1. The maximum absolute atomic E-state index is 4.74. The van der Waals surface area contributed by atoms with Gasteiger partial charge in [-0.2, -0.15) is 0 Å². The van der Waals surface area contributed by atoms with E-state index in [0.717, 1.165) is 16.9 Å². The zero-order valence-electron chi connectivity index (χ0n) is 10.0. The fraction of sp³-hybridized carbons (Fsp3) is 0.133. The van der Waals surface area contributed by atoms with Crippen LogP contribution in [0.2, 0.25) is 0 Å². The summed E-state index contributed by atoms with van der Waals surface area (Å²) in [6, 6.07) is 16.6. The molecule has 0 aliphatic rings. The lowest BCUT2D eigenvalue weighted by atomic mass is 10.2. The Kier molecular flexibility index (Phi) is 2.22. The lowest BCUT2D eigenvalue weighted by Gasteiger charge is -2.01. The normalized spacial score (nSPS) is 10.9. The fourth-order valence-corrected chi connectivity index (χ4v) is 2.20. The van der Waals surface area contributed by atoms with E-state index in [0.29, 0.717) is 0 Å². The second-order valence-electron chi connectivity index (χ2n) is 4.30. The minimum Gasteiger partial charge on any atom is -0.327 e. The maximum Gasteiger partial charge on any atom is 0.140 e. The molecule has 0 bridgehead atoms. The molecule has 1 heterocycles. The van der Waals surface area contributed by atoms with Crippen LogP contribution in [0.1, 0.15) is 5.56 Å². The molecule has 2 nitrogen and oxygen atoms in total. The first-order valence-electron chi connectivity index (χ1n) is 5.75. The van der Waals surface area contributed by atoms with Crippen LogP contribution in [0.15, 0.2) is 48.5 Å². The number of hydrogen-bond donors (Lipinski definition) is 0. The monoisotopic (exact) mass is 222 g/mol. The van der Waals surface area contributed by atoms with E-state index in [9.17, 15) is 0 Å². The van der Waals surface area contributed by atoms with Crippen molar-refractivity contribution in [3.8, 4) is 11.4 Å². The second kappa shape index (κ2) is 3.74. The van der Waals surface area contributed by atoms with Gasteiger partial charge in [0.15, 0.2) is 0 Å². The van der Waals surface area contributed by atoms with Crippen molar-refractivity contribution < 1.29 is 0 Å². The number of aryl methyl sites for hydroxylation is 2. The number of para-hydroxylation sites is 1. The van der Waals surface area contributed by atoms with Crippen LogP contribution in [0.4, 0.5) is 0 Å². The highest BCUT2D eigenvalue weighted by Crippen LogP contribution is 2.24. The van der Waals surface area contributed by atoms with E-state index in [1.165, 1.54) is 11.1 Å². The molecule has 0 N–H and O–H groups in total. The number of nitrogens with zero attached hydrogens (tertiary/aromatic N) is 2. The van der Waals surface area contributed by atoms with Crippen LogP contribution in [0.3, 0.4) is 0 Å². The Morgan fingerprint density at radius 2 is 1.71 bits per heavy atom. The van der Waals surface area contributed by atoms with Crippen LogP contribution in [0, 0.1) is 6.92 Å². The lowest BCUT2D eigenvalue weighted by molar-refractivity contribution is 0.959. The van der Waals surface area contributed by atoms with Crippen LogP contribution >= 0.6 is 0 Å². The molecule has 0 radical (unpaired) electrons. The third kappa shape index (κ3) is 1.53. The quantitative estimate of drug-likeness (QED) is 0.615. The summed E-state index contributed by atoms with van der Waals surface area (Å²) in [6.45, 7) is 2.10. The Balaban J connectivity index is 2.32. The summed E-state index contributed by atoms with van der Waals surface area (Å²) in [5.74, 6) is 1.02. The van der Waals surface area contributed by atoms with Crippen molar-refractivity contribution >= 4 is 11.0 Å². The molecule has 17 heavy (non-hydrogen) atoms. The Morgan fingerprint density at radius 1 is 0.941 bits per heavy atom. The molecule has 0 saturated carbocycles. The van der Waals surface area contributed by atoms with Crippen molar-refractivity contribution in [2.45, 2.75) is 6.92 Å². The molecule has 2 aromatic carbocycles. The molecule has 1 aromatic heterocycles. The van der Waals surface area contributed by atoms with Crippen LogP contribution in [0.5, 0.6) is 0 Å². The molecule has 2 heteroatoms. The zero-order chi connectivity index (χ0) is 11.8. The molecule has 84 valence electrons. The summed E-state index contributed by atoms with van der Waals surface area (Å²) in [4.78, 5) is 4.74. The SMILES string of the molecule is Cc1cccc2c1nc(-c1ccccc1)n2C. The minimum absolute atomic E-state index is 1.02. The van der Waals surface area contributed by atoms with Gasteiger partial charge in [0.1, 0.15) is 5.82 Å². The largest absolute Gasteiger partial charge is 0.327 e. The molecule has 0 atom stereocenters. The molecule has 0 amide bonds. The fourth-order valence-electron chi connectivity index (χ4n) is 2.20. The Morgan fingerprint density at radius 3 is 2.41 bits per heavy atom. The first kappa shape index (κ1) is 10.1. The summed E-state index contributed by atoms with van der Waals surface area (Å²) in [5, 5.41) is 0. The molecule has 0 aliphatic heterocycles. The Labute approximate surface area is 101 Å². The molecular formula is C15H14N2. The number of benzene rings is 2. The predicted octanol–water partition coefficient (Wildman–Crippen LogP) is 3.55. The van der Waals surface area contributed by atoms with Crippen LogP contribution in [-0.4, -0.2) is 9.55 Å². The molecule has 0 unspecified atom stereocenters. The van der Waals surface area contributed by atoms with Gasteiger partial charge in [-0.25, -0.2) is 4.98 Å². The molecular weight excluding hydrogens is 208 g/mol. The van der Waals surface area contributed by atoms with Gasteiger partial charge in [0.05, 0.1) is 11.0 Å². The first-order chi connectivity index (χ1) is 8.27. The Bertz CT molecular complexity index is 666. The first-order valence-corrected chi connectivity index (χ1v) is 5.75. The van der Waals surface area contributed by atoms with Crippen molar-refractivity contribution in [1.29, 1.82) is 0 Å². The molecule has 0 fully saturated rings. The van der Waals surface area contributed by atoms with Gasteiger partial charge in [-0.3, -0.25) is 0 Å². The van der Waals surface area contributed by atoms with Gasteiger partial charge in [-0.1, -0.05) is 42.5 Å². The highest BCUT2D eigenvalue weighted by molar-refractivity contribution is 5.83. The summed E-state index contributed by atoms with van der Waals surface area (Å²) >= 11 is 0. The van der Waals surface area contributed by atoms with Crippen molar-refractivity contribution in [2.75, 3.05) is 0 Å². The van der Waals surface area contributed by atoms with Crippen molar-refractivity contribution in [3.63, 3.8) is 0 Å². The summed E-state index contributed by atoms with van der Waals surface area (Å²) in [5.41, 5.74) is 4.66. The van der Waals surface area contributed by atoms with Crippen LogP contribution < -0.4 is 0 Å². The van der Waals surface area contributed by atoms with Gasteiger partial charge in [0.25, 0.3) is 0 Å². The van der Waals surface area contributed by atoms with E-state index in [1.54, 1.807) is 0 Å². The molecule has 3 aromatic rings. The van der Waals surface area contributed by atoms with Gasteiger partial charge in [-0.05, 0) is 18.6 Å². The average Bonchev–Trinajstić information content (AvgIpc) is 2.70. The summed E-state index contributed by atoms with van der Waals surface area (Å²) in [7, 11) is 2.07. The molecule has 0 spiro atoms. The van der Waals surface area contributed by atoms with Gasteiger partial charge >= 0.3 is 0 Å². The van der Waals surface area contributed by atoms with Crippen molar-refractivity contribution in [3.05, 3.63) is 54.1 Å². The van der Waals surface area contributed by atoms with Gasteiger partial charge in [0, 0.05) is 12.6 Å². The number of hydrogen-bond acceptors (Lipinski definition) is 1. The van der Waals surface area contributed by atoms with Gasteiger partial charge in [0.2, 0.25) is 0 Å². The highest BCUT2D eigenvalue weighted by atomic mass is 15.1. The molecule has 3 rings (SSSR count). The van der Waals surface area contributed by atoms with Crippen molar-refractivity contribution in [1.82, 2.24) is 9.55 Å². The zero-order valence-corrected chi connectivity index (χ0v) is 10.0.